The molecule has 4 aromatic rings. The first-order valence-corrected chi connectivity index (χ1v) is 9.43. The molecule has 2 aromatic heterocycles. The molecule has 146 valence electrons. The van der Waals surface area contributed by atoms with Crippen LogP contribution in [0.15, 0.2) is 56.6 Å². The van der Waals surface area contributed by atoms with Gasteiger partial charge in [-0.15, -0.1) is 0 Å². The second-order valence-electron chi connectivity index (χ2n) is 6.93. The fourth-order valence-electron chi connectivity index (χ4n) is 3.35. The fourth-order valence-corrected chi connectivity index (χ4v) is 3.47. The SMILES string of the molecule is O=c1c2ccccc2n(Cc2nc(-c3ccc(Cl)c(F)c3)no2)c(=O)n1C1CC1. The van der Waals surface area contributed by atoms with Gasteiger partial charge in [0.15, 0.2) is 0 Å². The highest BCUT2D eigenvalue weighted by Crippen LogP contribution is 2.32. The summed E-state index contributed by atoms with van der Waals surface area (Å²) in [5.41, 5.74) is 0.208. The summed E-state index contributed by atoms with van der Waals surface area (Å²) in [6.45, 7) is -0.00455. The Kier molecular flexibility index (Phi) is 4.09. The van der Waals surface area contributed by atoms with Gasteiger partial charge in [-0.1, -0.05) is 28.9 Å². The fraction of sp³-hybridized carbons (Fsp3) is 0.200. The van der Waals surface area contributed by atoms with Gasteiger partial charge in [0.1, 0.15) is 12.4 Å². The molecule has 0 unspecified atom stereocenters. The Labute approximate surface area is 168 Å². The molecule has 0 atom stereocenters. The molecule has 0 amide bonds. The smallest absolute Gasteiger partial charge is 0.332 e. The molecule has 9 heteroatoms. The van der Waals surface area contributed by atoms with Crippen LogP contribution in [0.2, 0.25) is 5.02 Å². The van der Waals surface area contributed by atoms with E-state index in [-0.39, 0.29) is 34.9 Å². The number of halogens is 2. The normalized spacial score (nSPS) is 13.9. The number of para-hydroxylation sites is 1. The van der Waals surface area contributed by atoms with Gasteiger partial charge in [-0.25, -0.2) is 9.18 Å². The van der Waals surface area contributed by atoms with Crippen LogP contribution in [0, 0.1) is 5.82 Å². The summed E-state index contributed by atoms with van der Waals surface area (Å²) >= 11 is 5.71. The number of fused-ring (bicyclic) bond motifs is 1. The largest absolute Gasteiger partial charge is 0.337 e. The topological polar surface area (TPSA) is 82.9 Å². The lowest BCUT2D eigenvalue weighted by atomic mass is 10.2. The highest BCUT2D eigenvalue weighted by Gasteiger charge is 2.29. The number of nitrogens with zero attached hydrogens (tertiary/aromatic N) is 4. The minimum Gasteiger partial charge on any atom is -0.337 e. The molecule has 1 aliphatic carbocycles. The Hall–Kier alpha value is -3.26. The van der Waals surface area contributed by atoms with Crippen LogP contribution in [0.4, 0.5) is 4.39 Å². The Morgan fingerprint density at radius 1 is 1.17 bits per heavy atom. The number of benzene rings is 2. The van der Waals surface area contributed by atoms with E-state index in [2.05, 4.69) is 10.1 Å². The Bertz CT molecular complexity index is 1370. The average Bonchev–Trinajstić information content (AvgIpc) is 3.44. The Morgan fingerprint density at radius 2 is 1.97 bits per heavy atom. The van der Waals surface area contributed by atoms with Crippen LogP contribution in [-0.4, -0.2) is 19.3 Å². The van der Waals surface area contributed by atoms with Gasteiger partial charge in [-0.2, -0.15) is 4.98 Å². The lowest BCUT2D eigenvalue weighted by molar-refractivity contribution is 0.369. The van der Waals surface area contributed by atoms with Gasteiger partial charge in [-0.3, -0.25) is 13.9 Å². The summed E-state index contributed by atoms with van der Waals surface area (Å²) in [5, 5.41) is 4.33. The van der Waals surface area contributed by atoms with E-state index in [0.717, 1.165) is 12.8 Å². The highest BCUT2D eigenvalue weighted by atomic mass is 35.5. The minimum atomic E-state index is -0.589. The van der Waals surface area contributed by atoms with E-state index in [0.29, 0.717) is 16.5 Å². The third-order valence-electron chi connectivity index (χ3n) is 4.93. The van der Waals surface area contributed by atoms with Crippen molar-refractivity contribution in [2.45, 2.75) is 25.4 Å². The average molecular weight is 413 g/mol. The van der Waals surface area contributed by atoms with Crippen molar-refractivity contribution in [1.29, 1.82) is 0 Å². The van der Waals surface area contributed by atoms with Gasteiger partial charge in [0.2, 0.25) is 11.7 Å². The lowest BCUT2D eigenvalue weighted by Gasteiger charge is -2.12. The van der Waals surface area contributed by atoms with Gasteiger partial charge in [0.05, 0.1) is 15.9 Å². The minimum absolute atomic E-state index is 0.00202. The van der Waals surface area contributed by atoms with Crippen molar-refractivity contribution < 1.29 is 8.91 Å². The molecule has 1 fully saturated rings. The van der Waals surface area contributed by atoms with E-state index in [1.807, 2.05) is 0 Å². The summed E-state index contributed by atoms with van der Waals surface area (Å²) in [5.74, 6) is -0.235. The number of rotatable bonds is 4. The molecule has 1 saturated carbocycles. The van der Waals surface area contributed by atoms with Crippen LogP contribution >= 0.6 is 11.6 Å². The molecular weight excluding hydrogens is 399 g/mol. The first-order chi connectivity index (χ1) is 14.0. The summed E-state index contributed by atoms with van der Waals surface area (Å²) < 4.78 is 21.7. The van der Waals surface area contributed by atoms with Crippen molar-refractivity contribution in [3.05, 3.63) is 80.0 Å². The van der Waals surface area contributed by atoms with Gasteiger partial charge < -0.3 is 4.52 Å². The van der Waals surface area contributed by atoms with Crippen LogP contribution in [-0.2, 0) is 6.54 Å². The van der Waals surface area contributed by atoms with Crippen LogP contribution in [0.1, 0.15) is 24.8 Å². The molecule has 1 aliphatic rings. The zero-order chi connectivity index (χ0) is 20.1. The zero-order valence-corrected chi connectivity index (χ0v) is 15.8. The van der Waals surface area contributed by atoms with Crippen LogP contribution in [0.3, 0.4) is 0 Å². The van der Waals surface area contributed by atoms with Crippen molar-refractivity contribution in [3.8, 4) is 11.4 Å². The molecule has 0 radical (unpaired) electrons. The maximum atomic E-state index is 13.7. The first-order valence-electron chi connectivity index (χ1n) is 9.05. The monoisotopic (exact) mass is 412 g/mol. The summed E-state index contributed by atoms with van der Waals surface area (Å²) in [7, 11) is 0. The van der Waals surface area contributed by atoms with Gasteiger partial charge in [-0.05, 0) is 43.2 Å². The number of hydrogen-bond donors (Lipinski definition) is 0. The molecule has 2 heterocycles. The number of aromatic nitrogens is 4. The molecule has 0 aliphatic heterocycles. The van der Waals surface area contributed by atoms with E-state index in [1.165, 1.54) is 21.3 Å². The lowest BCUT2D eigenvalue weighted by Crippen LogP contribution is -2.39. The second kappa shape index (κ2) is 6.66. The van der Waals surface area contributed by atoms with Crippen molar-refractivity contribution >= 4 is 22.5 Å². The molecule has 0 bridgehead atoms. The Balaban J connectivity index is 1.59. The quantitative estimate of drug-likeness (QED) is 0.513. The molecule has 29 heavy (non-hydrogen) atoms. The zero-order valence-electron chi connectivity index (χ0n) is 15.0. The molecule has 7 nitrogen and oxygen atoms in total. The third kappa shape index (κ3) is 3.05. The molecule has 0 saturated heterocycles. The predicted molar refractivity (Wildman–Crippen MR) is 105 cm³/mol. The van der Waals surface area contributed by atoms with Crippen LogP contribution < -0.4 is 11.2 Å². The Morgan fingerprint density at radius 3 is 2.72 bits per heavy atom. The van der Waals surface area contributed by atoms with Gasteiger partial charge in [0, 0.05) is 11.6 Å². The van der Waals surface area contributed by atoms with E-state index >= 15 is 0 Å². The van der Waals surface area contributed by atoms with Crippen LogP contribution in [0.25, 0.3) is 22.3 Å². The maximum Gasteiger partial charge on any atom is 0.332 e. The van der Waals surface area contributed by atoms with Crippen molar-refractivity contribution in [3.63, 3.8) is 0 Å². The van der Waals surface area contributed by atoms with Gasteiger partial charge in [0.25, 0.3) is 5.56 Å². The molecular formula is C20H14ClFN4O3. The van der Waals surface area contributed by atoms with E-state index in [4.69, 9.17) is 16.1 Å². The molecule has 0 spiro atoms. The summed E-state index contributed by atoms with van der Waals surface area (Å²) in [6.07, 6.45) is 1.61. The van der Waals surface area contributed by atoms with Crippen molar-refractivity contribution in [1.82, 2.24) is 19.3 Å². The van der Waals surface area contributed by atoms with Crippen LogP contribution in [0.5, 0.6) is 0 Å². The molecule has 2 aromatic carbocycles. The highest BCUT2D eigenvalue weighted by molar-refractivity contribution is 6.30. The number of hydrogen-bond acceptors (Lipinski definition) is 5. The van der Waals surface area contributed by atoms with Crippen molar-refractivity contribution in [2.24, 2.45) is 0 Å². The molecule has 5 rings (SSSR count). The second-order valence-corrected chi connectivity index (χ2v) is 7.34. The van der Waals surface area contributed by atoms with E-state index in [1.54, 1.807) is 30.3 Å². The maximum absolute atomic E-state index is 13.7. The van der Waals surface area contributed by atoms with Gasteiger partial charge >= 0.3 is 5.69 Å². The summed E-state index contributed by atoms with van der Waals surface area (Å²) in [4.78, 5) is 30.0. The predicted octanol–water partition coefficient (Wildman–Crippen LogP) is 3.39. The van der Waals surface area contributed by atoms with E-state index < -0.39 is 11.5 Å². The summed E-state index contributed by atoms with van der Waals surface area (Å²) in [6, 6.07) is 11.1. The van der Waals surface area contributed by atoms with Crippen molar-refractivity contribution in [2.75, 3.05) is 0 Å². The molecule has 0 N–H and O–H groups in total. The third-order valence-corrected chi connectivity index (χ3v) is 5.24. The first kappa shape index (κ1) is 17.8. The van der Waals surface area contributed by atoms with E-state index in [9.17, 15) is 14.0 Å². The standard InChI is InChI=1S/C20H14ClFN4O3/c21-14-8-5-11(9-15(14)22)18-23-17(29-24-18)10-25-16-4-2-1-3-13(16)19(27)26(20(25)28)12-6-7-12/h1-5,8-9,12H,6-7,10H2.